The predicted octanol–water partition coefficient (Wildman–Crippen LogP) is 1.65. The molecule has 1 aliphatic heterocycles. The van der Waals surface area contributed by atoms with Crippen LogP contribution < -0.4 is 4.90 Å². The maximum absolute atomic E-state index is 13.2. The summed E-state index contributed by atoms with van der Waals surface area (Å²) < 4.78 is 18.2. The average Bonchev–Trinajstić information content (AvgIpc) is 3.10. The second kappa shape index (κ2) is 10.5. The largest absolute Gasteiger partial charge is 0.462 e. The SMILES string of the molecule is CCCC[NH+](CC(=O)OCC)CC(=O)N1CCS[C@@H]1c1ccc(F)cc1. The molecule has 1 N–H and O–H groups in total. The van der Waals surface area contributed by atoms with Gasteiger partial charge < -0.3 is 14.5 Å². The fourth-order valence-electron chi connectivity index (χ4n) is 3.03. The number of carbonyl (C=O) groups is 2. The number of hydrogen-bond donors (Lipinski definition) is 1. The molecule has 1 amide bonds. The van der Waals surface area contributed by atoms with Crippen molar-refractivity contribution in [1.29, 1.82) is 0 Å². The van der Waals surface area contributed by atoms with Gasteiger partial charge in [-0.25, -0.2) is 9.18 Å². The Balaban J connectivity index is 2.01. The number of carbonyl (C=O) groups excluding carboxylic acids is 2. The molecule has 1 aromatic rings. The van der Waals surface area contributed by atoms with Crippen LogP contribution in [0.5, 0.6) is 0 Å². The molecular weight excluding hydrogens is 355 g/mol. The molecule has 1 aliphatic rings. The molecule has 144 valence electrons. The number of ether oxygens (including phenoxy) is 1. The van der Waals surface area contributed by atoms with Crippen molar-refractivity contribution in [3.63, 3.8) is 0 Å². The quantitative estimate of drug-likeness (QED) is 0.659. The van der Waals surface area contributed by atoms with E-state index in [1.54, 1.807) is 30.8 Å². The van der Waals surface area contributed by atoms with Gasteiger partial charge in [-0.1, -0.05) is 25.5 Å². The lowest BCUT2D eigenvalue weighted by Gasteiger charge is -2.26. The van der Waals surface area contributed by atoms with Crippen molar-refractivity contribution in [3.8, 4) is 0 Å². The Kier molecular flexibility index (Phi) is 8.38. The van der Waals surface area contributed by atoms with Crippen molar-refractivity contribution in [2.24, 2.45) is 0 Å². The zero-order chi connectivity index (χ0) is 18.9. The molecule has 1 heterocycles. The summed E-state index contributed by atoms with van der Waals surface area (Å²) in [6, 6.07) is 6.32. The summed E-state index contributed by atoms with van der Waals surface area (Å²) in [6.07, 6.45) is 1.97. The standard InChI is InChI=1S/C19H27FN2O3S/c1-3-5-10-21(14-18(24)25-4-2)13-17(23)22-11-12-26-19(22)15-6-8-16(20)9-7-15/h6-9,19H,3-5,10-14H2,1-2H3/p+1/t19-/m1/s1. The van der Waals surface area contributed by atoms with Crippen LogP contribution in [0.25, 0.3) is 0 Å². The minimum absolute atomic E-state index is 0.0275. The van der Waals surface area contributed by atoms with E-state index in [1.165, 1.54) is 12.1 Å². The van der Waals surface area contributed by atoms with Gasteiger partial charge in [-0.05, 0) is 31.0 Å². The van der Waals surface area contributed by atoms with E-state index in [4.69, 9.17) is 4.74 Å². The predicted molar refractivity (Wildman–Crippen MR) is 100 cm³/mol. The number of nitrogens with one attached hydrogen (secondary N) is 1. The van der Waals surface area contributed by atoms with Gasteiger partial charge in [0, 0.05) is 12.3 Å². The van der Waals surface area contributed by atoms with E-state index in [1.807, 2.05) is 4.90 Å². The van der Waals surface area contributed by atoms with E-state index < -0.39 is 0 Å². The van der Waals surface area contributed by atoms with Gasteiger partial charge in [0.05, 0.1) is 13.2 Å². The molecule has 0 aromatic heterocycles. The fourth-order valence-corrected chi connectivity index (χ4v) is 4.30. The second-order valence-corrected chi connectivity index (χ2v) is 7.56. The molecule has 1 unspecified atom stereocenters. The summed E-state index contributed by atoms with van der Waals surface area (Å²) in [4.78, 5) is 27.5. The molecule has 5 nitrogen and oxygen atoms in total. The van der Waals surface area contributed by atoms with Crippen molar-refractivity contribution in [2.45, 2.75) is 32.1 Å². The molecule has 0 spiro atoms. The van der Waals surface area contributed by atoms with E-state index in [9.17, 15) is 14.0 Å². The lowest BCUT2D eigenvalue weighted by Crippen LogP contribution is -3.14. The smallest absolute Gasteiger partial charge is 0.361 e. The molecule has 0 radical (unpaired) electrons. The summed E-state index contributed by atoms with van der Waals surface area (Å²) in [5.41, 5.74) is 0.933. The van der Waals surface area contributed by atoms with Crippen molar-refractivity contribution >= 4 is 23.6 Å². The third-order valence-electron chi connectivity index (χ3n) is 4.35. The van der Waals surface area contributed by atoms with Crippen LogP contribution in [0.2, 0.25) is 0 Å². The van der Waals surface area contributed by atoms with E-state index >= 15 is 0 Å². The highest BCUT2D eigenvalue weighted by Crippen LogP contribution is 2.37. The summed E-state index contributed by atoms with van der Waals surface area (Å²) in [6.45, 7) is 6.15. The Hall–Kier alpha value is -1.60. The van der Waals surface area contributed by atoms with Crippen LogP contribution in [0.3, 0.4) is 0 Å². The average molecular weight is 384 g/mol. The van der Waals surface area contributed by atoms with Gasteiger partial charge >= 0.3 is 5.97 Å². The van der Waals surface area contributed by atoms with Crippen LogP contribution in [0, 0.1) is 5.82 Å². The first kappa shape index (κ1) is 20.7. The van der Waals surface area contributed by atoms with Gasteiger partial charge in [-0.15, -0.1) is 11.8 Å². The summed E-state index contributed by atoms with van der Waals surface area (Å²) >= 11 is 1.69. The number of unbranched alkanes of at least 4 members (excludes halogenated alkanes) is 1. The van der Waals surface area contributed by atoms with E-state index in [0.29, 0.717) is 13.2 Å². The molecule has 0 saturated carbocycles. The third kappa shape index (κ3) is 5.99. The number of esters is 1. The minimum Gasteiger partial charge on any atom is -0.462 e. The van der Waals surface area contributed by atoms with Crippen LogP contribution in [-0.4, -0.2) is 55.3 Å². The zero-order valence-electron chi connectivity index (χ0n) is 15.5. The van der Waals surface area contributed by atoms with Crippen LogP contribution >= 0.6 is 11.8 Å². The van der Waals surface area contributed by atoms with Crippen molar-refractivity contribution in [1.82, 2.24) is 4.90 Å². The highest BCUT2D eigenvalue weighted by atomic mass is 32.2. The molecular formula is C19H28FN2O3S+. The normalized spacial score (nSPS) is 18.0. The number of hydrogen-bond acceptors (Lipinski definition) is 4. The van der Waals surface area contributed by atoms with E-state index in [-0.39, 0.29) is 36.2 Å². The molecule has 7 heteroatoms. The van der Waals surface area contributed by atoms with Crippen LogP contribution in [-0.2, 0) is 14.3 Å². The highest BCUT2D eigenvalue weighted by Gasteiger charge is 2.33. The first-order valence-electron chi connectivity index (χ1n) is 9.20. The number of quaternary nitrogens is 1. The maximum Gasteiger partial charge on any atom is 0.361 e. The van der Waals surface area contributed by atoms with Crippen LogP contribution in [0.15, 0.2) is 24.3 Å². The van der Waals surface area contributed by atoms with Crippen molar-refractivity contribution < 1.29 is 23.6 Å². The summed E-state index contributed by atoms with van der Waals surface area (Å²) in [7, 11) is 0. The van der Waals surface area contributed by atoms with Gasteiger partial charge in [0.2, 0.25) is 0 Å². The Morgan fingerprint density at radius 3 is 2.65 bits per heavy atom. The molecule has 1 saturated heterocycles. The highest BCUT2D eigenvalue weighted by molar-refractivity contribution is 7.99. The lowest BCUT2D eigenvalue weighted by molar-refractivity contribution is -0.885. The number of benzene rings is 1. The Bertz CT molecular complexity index is 597. The van der Waals surface area contributed by atoms with Gasteiger partial charge in [0.25, 0.3) is 5.91 Å². The Morgan fingerprint density at radius 2 is 2.00 bits per heavy atom. The van der Waals surface area contributed by atoms with Gasteiger partial charge in [0.1, 0.15) is 11.2 Å². The number of amides is 1. The second-order valence-electron chi connectivity index (χ2n) is 6.37. The minimum atomic E-state index is -0.278. The Labute approximate surface area is 158 Å². The fraction of sp³-hybridized carbons (Fsp3) is 0.579. The number of nitrogens with zero attached hydrogens (tertiary/aromatic N) is 1. The summed E-state index contributed by atoms with van der Waals surface area (Å²) in [5.74, 6) is 0.340. The number of thioether (sulfide) groups is 1. The molecule has 1 aromatic carbocycles. The molecule has 0 aliphatic carbocycles. The molecule has 2 rings (SSSR count). The molecule has 26 heavy (non-hydrogen) atoms. The summed E-state index contributed by atoms with van der Waals surface area (Å²) in [5, 5.41) is -0.0851. The van der Waals surface area contributed by atoms with Gasteiger partial charge in [0.15, 0.2) is 13.1 Å². The van der Waals surface area contributed by atoms with Crippen molar-refractivity contribution in [2.75, 3.05) is 38.5 Å². The first-order valence-corrected chi connectivity index (χ1v) is 10.3. The lowest BCUT2D eigenvalue weighted by atomic mass is 10.2. The number of halogens is 1. The molecule has 0 bridgehead atoms. The van der Waals surface area contributed by atoms with Gasteiger partial charge in [-0.3, -0.25) is 4.79 Å². The van der Waals surface area contributed by atoms with E-state index in [0.717, 1.165) is 35.6 Å². The Morgan fingerprint density at radius 1 is 1.27 bits per heavy atom. The van der Waals surface area contributed by atoms with Crippen LogP contribution in [0.4, 0.5) is 4.39 Å². The number of rotatable bonds is 9. The van der Waals surface area contributed by atoms with Crippen LogP contribution in [0.1, 0.15) is 37.6 Å². The molecule has 2 atom stereocenters. The molecule has 1 fully saturated rings. The maximum atomic E-state index is 13.2. The van der Waals surface area contributed by atoms with Gasteiger partial charge in [-0.2, -0.15) is 0 Å². The zero-order valence-corrected chi connectivity index (χ0v) is 16.3. The van der Waals surface area contributed by atoms with Crippen molar-refractivity contribution in [3.05, 3.63) is 35.6 Å². The topological polar surface area (TPSA) is 51.1 Å². The monoisotopic (exact) mass is 383 g/mol. The first-order chi connectivity index (χ1) is 12.5. The van der Waals surface area contributed by atoms with E-state index in [2.05, 4.69) is 6.92 Å². The third-order valence-corrected chi connectivity index (χ3v) is 5.61.